The molecule has 0 bridgehead atoms. The molecule has 13 heavy (non-hydrogen) atoms. The molecule has 0 spiro atoms. The minimum atomic E-state index is -2.49. The summed E-state index contributed by atoms with van der Waals surface area (Å²) in [5, 5.41) is 0. The fraction of sp³-hybridized carbons (Fsp3) is 0.333. The van der Waals surface area contributed by atoms with E-state index in [4.69, 9.17) is 11.5 Å². The number of alkyl halides is 2. The van der Waals surface area contributed by atoms with Crippen LogP contribution in [0.1, 0.15) is 23.6 Å². The number of hydrogen-bond acceptors (Lipinski definition) is 2. The Hall–Kier alpha value is -1.00. The monoisotopic (exact) mass is 186 g/mol. The van der Waals surface area contributed by atoms with Crippen LogP contribution in [0.5, 0.6) is 0 Å². The third-order valence-electron chi connectivity index (χ3n) is 1.88. The van der Waals surface area contributed by atoms with Crippen LogP contribution >= 0.6 is 0 Å². The molecule has 0 fully saturated rings. The van der Waals surface area contributed by atoms with E-state index in [0.29, 0.717) is 5.56 Å². The smallest absolute Gasteiger partial charge is 0.264 e. The molecule has 1 rings (SSSR count). The van der Waals surface area contributed by atoms with Crippen LogP contribution in [0.3, 0.4) is 0 Å². The van der Waals surface area contributed by atoms with Crippen molar-refractivity contribution in [2.24, 2.45) is 11.5 Å². The van der Waals surface area contributed by atoms with Gasteiger partial charge in [-0.3, -0.25) is 0 Å². The van der Waals surface area contributed by atoms with Crippen LogP contribution in [0.15, 0.2) is 24.3 Å². The molecule has 0 heterocycles. The summed E-state index contributed by atoms with van der Waals surface area (Å²) in [7, 11) is 0. The molecule has 1 atom stereocenters. The Kier molecular flexibility index (Phi) is 3.33. The first kappa shape index (κ1) is 10.1. The lowest BCUT2D eigenvalue weighted by molar-refractivity contribution is 0.149. The minimum absolute atomic E-state index is 0.0274. The van der Waals surface area contributed by atoms with Gasteiger partial charge >= 0.3 is 0 Å². The Morgan fingerprint density at radius 2 is 1.69 bits per heavy atom. The molecule has 4 N–H and O–H groups in total. The molecule has 2 nitrogen and oxygen atoms in total. The molecule has 1 aromatic carbocycles. The Bertz CT molecular complexity index is 276. The lowest BCUT2D eigenvalue weighted by Crippen LogP contribution is -2.22. The quantitative estimate of drug-likeness (QED) is 0.753. The molecule has 1 aromatic rings. The van der Waals surface area contributed by atoms with Gasteiger partial charge in [0, 0.05) is 18.2 Å². The molecular weight excluding hydrogens is 174 g/mol. The third-order valence-corrected chi connectivity index (χ3v) is 1.88. The summed E-state index contributed by atoms with van der Waals surface area (Å²) >= 11 is 0. The maximum atomic E-state index is 12.4. The van der Waals surface area contributed by atoms with Crippen molar-refractivity contribution in [3.05, 3.63) is 35.4 Å². The summed E-state index contributed by atoms with van der Waals surface area (Å²) in [4.78, 5) is 0. The van der Waals surface area contributed by atoms with Crippen LogP contribution in [-0.2, 0) is 0 Å². The topological polar surface area (TPSA) is 52.0 Å². The molecule has 0 saturated heterocycles. The van der Waals surface area contributed by atoms with E-state index < -0.39 is 12.5 Å². The molecule has 0 aliphatic rings. The first-order valence-electron chi connectivity index (χ1n) is 3.99. The van der Waals surface area contributed by atoms with Crippen LogP contribution < -0.4 is 11.5 Å². The van der Waals surface area contributed by atoms with Gasteiger partial charge in [-0.15, -0.1) is 0 Å². The van der Waals surface area contributed by atoms with Gasteiger partial charge in [-0.25, -0.2) is 8.78 Å². The summed E-state index contributed by atoms with van der Waals surface area (Å²) in [5.74, 6) is 0. The van der Waals surface area contributed by atoms with Gasteiger partial charge in [0.2, 0.25) is 0 Å². The number of halogens is 2. The predicted octanol–water partition coefficient (Wildman–Crippen LogP) is 1.58. The lowest BCUT2D eigenvalue weighted by atomic mass is 10.0. The summed E-state index contributed by atoms with van der Waals surface area (Å²) in [6.07, 6.45) is -2.49. The number of nitrogens with two attached hydrogens (primary N) is 2. The van der Waals surface area contributed by atoms with E-state index in [1.807, 2.05) is 0 Å². The van der Waals surface area contributed by atoms with Gasteiger partial charge in [-0.1, -0.05) is 24.3 Å². The molecule has 72 valence electrons. The second kappa shape index (κ2) is 4.30. The van der Waals surface area contributed by atoms with Gasteiger partial charge in [0.25, 0.3) is 6.43 Å². The number of rotatable bonds is 3. The SMILES string of the molecule is NCC(N)c1ccccc1C(F)F. The molecule has 0 aliphatic heterocycles. The van der Waals surface area contributed by atoms with Crippen molar-refractivity contribution in [3.63, 3.8) is 0 Å². The highest BCUT2D eigenvalue weighted by Crippen LogP contribution is 2.25. The summed E-state index contributed by atoms with van der Waals surface area (Å²) < 4.78 is 24.9. The highest BCUT2D eigenvalue weighted by Gasteiger charge is 2.15. The molecule has 1 unspecified atom stereocenters. The summed E-state index contributed by atoms with van der Waals surface area (Å²) in [6, 6.07) is 5.68. The Balaban J connectivity index is 3.04. The third kappa shape index (κ3) is 2.23. The maximum Gasteiger partial charge on any atom is 0.264 e. The van der Waals surface area contributed by atoms with Crippen LogP contribution in [0.25, 0.3) is 0 Å². The van der Waals surface area contributed by atoms with Crippen molar-refractivity contribution in [2.75, 3.05) is 6.54 Å². The minimum Gasteiger partial charge on any atom is -0.329 e. The fourth-order valence-corrected chi connectivity index (χ4v) is 1.17. The number of benzene rings is 1. The summed E-state index contributed by atoms with van der Waals surface area (Å²) in [5.41, 5.74) is 11.3. The summed E-state index contributed by atoms with van der Waals surface area (Å²) in [6.45, 7) is 0.170. The largest absolute Gasteiger partial charge is 0.329 e. The fourth-order valence-electron chi connectivity index (χ4n) is 1.17. The Labute approximate surface area is 75.5 Å². The molecular formula is C9H12F2N2. The zero-order valence-electron chi connectivity index (χ0n) is 7.08. The van der Waals surface area contributed by atoms with Gasteiger partial charge in [-0.2, -0.15) is 0 Å². The average Bonchev–Trinajstić information content (AvgIpc) is 2.16. The maximum absolute atomic E-state index is 12.4. The van der Waals surface area contributed by atoms with Gasteiger partial charge in [0.05, 0.1) is 0 Å². The van der Waals surface area contributed by atoms with E-state index in [-0.39, 0.29) is 12.1 Å². The molecule has 0 aromatic heterocycles. The van der Waals surface area contributed by atoms with Gasteiger partial charge < -0.3 is 11.5 Å². The molecule has 0 amide bonds. The second-order valence-electron chi connectivity index (χ2n) is 2.77. The first-order chi connectivity index (χ1) is 6.16. The first-order valence-corrected chi connectivity index (χ1v) is 3.99. The van der Waals surface area contributed by atoms with Crippen LogP contribution in [-0.4, -0.2) is 6.54 Å². The Morgan fingerprint density at radius 3 is 2.15 bits per heavy atom. The second-order valence-corrected chi connectivity index (χ2v) is 2.77. The normalized spacial score (nSPS) is 13.3. The van der Waals surface area contributed by atoms with E-state index in [1.54, 1.807) is 18.2 Å². The van der Waals surface area contributed by atoms with E-state index in [0.717, 1.165) is 0 Å². The van der Waals surface area contributed by atoms with Gasteiger partial charge in [-0.05, 0) is 5.56 Å². The van der Waals surface area contributed by atoms with Crippen molar-refractivity contribution in [1.29, 1.82) is 0 Å². The van der Waals surface area contributed by atoms with E-state index in [1.165, 1.54) is 6.07 Å². The molecule has 0 aliphatic carbocycles. The van der Waals surface area contributed by atoms with E-state index in [9.17, 15) is 8.78 Å². The molecule has 0 saturated carbocycles. The van der Waals surface area contributed by atoms with Crippen molar-refractivity contribution in [3.8, 4) is 0 Å². The van der Waals surface area contributed by atoms with Crippen molar-refractivity contribution < 1.29 is 8.78 Å². The lowest BCUT2D eigenvalue weighted by Gasteiger charge is -2.13. The molecule has 4 heteroatoms. The van der Waals surface area contributed by atoms with Gasteiger partial charge in [0.15, 0.2) is 0 Å². The van der Waals surface area contributed by atoms with Crippen LogP contribution in [0.2, 0.25) is 0 Å². The highest BCUT2D eigenvalue weighted by molar-refractivity contribution is 5.30. The van der Waals surface area contributed by atoms with Crippen molar-refractivity contribution in [2.45, 2.75) is 12.5 Å². The van der Waals surface area contributed by atoms with Crippen LogP contribution in [0.4, 0.5) is 8.78 Å². The molecule has 0 radical (unpaired) electrons. The zero-order chi connectivity index (χ0) is 9.84. The highest BCUT2D eigenvalue weighted by atomic mass is 19.3. The number of hydrogen-bond donors (Lipinski definition) is 2. The van der Waals surface area contributed by atoms with Crippen molar-refractivity contribution in [1.82, 2.24) is 0 Å². The van der Waals surface area contributed by atoms with Crippen molar-refractivity contribution >= 4 is 0 Å². The zero-order valence-corrected chi connectivity index (χ0v) is 7.08. The predicted molar refractivity (Wildman–Crippen MR) is 47.4 cm³/mol. The Morgan fingerprint density at radius 1 is 1.15 bits per heavy atom. The van der Waals surface area contributed by atoms with E-state index in [2.05, 4.69) is 0 Å². The van der Waals surface area contributed by atoms with Gasteiger partial charge in [0.1, 0.15) is 0 Å². The van der Waals surface area contributed by atoms with E-state index >= 15 is 0 Å². The van der Waals surface area contributed by atoms with Crippen LogP contribution in [0, 0.1) is 0 Å². The standard InChI is InChI=1S/C9H12F2N2/c10-9(11)7-4-2-1-3-6(7)8(13)5-12/h1-4,8-9H,5,12-13H2. The average molecular weight is 186 g/mol.